The number of benzene rings is 7. The zero-order valence-electron chi connectivity index (χ0n) is 26.9. The second-order valence-electron chi connectivity index (χ2n) is 13.2. The number of nitrogens with zero attached hydrogens (tertiary/aromatic N) is 3. The van der Waals surface area contributed by atoms with Crippen molar-refractivity contribution in [1.82, 2.24) is 14.8 Å². The summed E-state index contributed by atoms with van der Waals surface area (Å²) in [6.45, 7) is 6.72. The third-order valence-electron chi connectivity index (χ3n) is 9.14. The molecule has 0 radical (unpaired) electrons. The van der Waals surface area contributed by atoms with Crippen LogP contribution in [-0.2, 0) is 5.41 Å². The maximum absolute atomic E-state index is 4.85. The van der Waals surface area contributed by atoms with Gasteiger partial charge in [-0.2, -0.15) is 0 Å². The monoisotopic (exact) mass is 605 g/mol. The highest BCUT2D eigenvalue weighted by atomic mass is 15.3. The molecule has 3 nitrogen and oxygen atoms in total. The van der Waals surface area contributed by atoms with Crippen LogP contribution >= 0.6 is 0 Å². The van der Waals surface area contributed by atoms with Crippen LogP contribution in [0.3, 0.4) is 0 Å². The van der Waals surface area contributed by atoms with Gasteiger partial charge in [-0.15, -0.1) is 10.2 Å². The number of aromatic nitrogens is 3. The predicted octanol–water partition coefficient (Wildman–Crippen LogP) is 11.5. The van der Waals surface area contributed by atoms with E-state index in [9.17, 15) is 0 Å². The van der Waals surface area contributed by atoms with Gasteiger partial charge in [0.2, 0.25) is 0 Å². The van der Waals surface area contributed by atoms with Gasteiger partial charge < -0.3 is 0 Å². The first-order valence-electron chi connectivity index (χ1n) is 16.2. The molecule has 0 aliphatic rings. The first kappa shape index (κ1) is 28.7. The molecule has 1 heterocycles. The van der Waals surface area contributed by atoms with Gasteiger partial charge in [0.05, 0.1) is 5.69 Å². The Labute approximate surface area is 275 Å². The van der Waals surface area contributed by atoms with E-state index < -0.39 is 0 Å². The minimum atomic E-state index is 0.0610. The Morgan fingerprint density at radius 3 is 1.60 bits per heavy atom. The number of fused-ring (bicyclic) bond motifs is 2. The van der Waals surface area contributed by atoms with Gasteiger partial charge in [0.25, 0.3) is 0 Å². The molecule has 0 spiro atoms. The Morgan fingerprint density at radius 1 is 0.404 bits per heavy atom. The molecule has 0 saturated heterocycles. The van der Waals surface area contributed by atoms with E-state index in [1.165, 1.54) is 44.0 Å². The molecule has 0 bridgehead atoms. The first-order valence-corrected chi connectivity index (χ1v) is 16.2. The van der Waals surface area contributed by atoms with Gasteiger partial charge in [-0.05, 0) is 55.5 Å². The van der Waals surface area contributed by atoms with Crippen LogP contribution in [0.25, 0.3) is 72.3 Å². The third-order valence-corrected chi connectivity index (χ3v) is 9.14. The Morgan fingerprint density at radius 2 is 0.915 bits per heavy atom. The minimum absolute atomic E-state index is 0.0610. The van der Waals surface area contributed by atoms with Crippen LogP contribution in [0.4, 0.5) is 0 Å². The van der Waals surface area contributed by atoms with E-state index in [1.54, 1.807) is 0 Å². The maximum atomic E-state index is 4.85. The van der Waals surface area contributed by atoms with Crippen molar-refractivity contribution in [3.8, 4) is 50.7 Å². The number of rotatable bonds is 5. The molecule has 226 valence electrons. The molecule has 0 N–H and O–H groups in total. The highest BCUT2D eigenvalue weighted by Gasteiger charge is 2.21. The van der Waals surface area contributed by atoms with E-state index in [4.69, 9.17) is 10.2 Å². The van der Waals surface area contributed by atoms with Crippen molar-refractivity contribution in [3.05, 3.63) is 163 Å². The molecular weight excluding hydrogens is 571 g/mol. The largest absolute Gasteiger partial charge is 0.274 e. The van der Waals surface area contributed by atoms with Crippen molar-refractivity contribution in [2.24, 2.45) is 0 Å². The van der Waals surface area contributed by atoms with Crippen LogP contribution in [-0.4, -0.2) is 14.8 Å². The Bertz CT molecular complexity index is 2350. The molecule has 0 aliphatic carbocycles. The standard InChI is InChI=1S/C44H35N3/c1-44(2,3)35-26-24-34(25-27-35)43-46-45-42(33-22-20-31(21-23-33)30-12-5-4-6-13-30)47(43)41-29-28-39(38-17-9-10-18-40(38)41)37-19-11-15-32-14-7-8-16-36(32)37/h4-29H,1-3H3. The fraction of sp³-hybridized carbons (Fsp3) is 0.0909. The Hall–Kier alpha value is -5.80. The van der Waals surface area contributed by atoms with Crippen LogP contribution in [0.1, 0.15) is 26.3 Å². The molecule has 0 amide bonds. The Balaban J connectivity index is 1.34. The molecule has 8 aromatic rings. The first-order chi connectivity index (χ1) is 23.0. The van der Waals surface area contributed by atoms with E-state index in [0.717, 1.165) is 33.8 Å². The van der Waals surface area contributed by atoms with E-state index in [2.05, 4.69) is 177 Å². The van der Waals surface area contributed by atoms with Crippen molar-refractivity contribution in [1.29, 1.82) is 0 Å². The van der Waals surface area contributed by atoms with Crippen molar-refractivity contribution in [2.75, 3.05) is 0 Å². The topological polar surface area (TPSA) is 30.7 Å². The average Bonchev–Trinajstić information content (AvgIpc) is 3.56. The van der Waals surface area contributed by atoms with Crippen molar-refractivity contribution in [2.45, 2.75) is 26.2 Å². The summed E-state index contributed by atoms with van der Waals surface area (Å²) in [4.78, 5) is 0. The van der Waals surface area contributed by atoms with Crippen LogP contribution in [0.15, 0.2) is 158 Å². The molecule has 3 heteroatoms. The highest BCUT2D eigenvalue weighted by Crippen LogP contribution is 2.39. The summed E-state index contributed by atoms with van der Waals surface area (Å²) in [7, 11) is 0. The average molecular weight is 606 g/mol. The second-order valence-corrected chi connectivity index (χ2v) is 13.2. The van der Waals surface area contributed by atoms with Gasteiger partial charge in [0, 0.05) is 16.5 Å². The van der Waals surface area contributed by atoms with Gasteiger partial charge in [0.15, 0.2) is 11.6 Å². The zero-order valence-corrected chi connectivity index (χ0v) is 26.9. The van der Waals surface area contributed by atoms with Gasteiger partial charge in [-0.25, -0.2) is 0 Å². The van der Waals surface area contributed by atoms with E-state index in [-0.39, 0.29) is 5.41 Å². The molecule has 1 aromatic heterocycles. The van der Waals surface area contributed by atoms with Crippen molar-refractivity contribution in [3.63, 3.8) is 0 Å². The molecule has 47 heavy (non-hydrogen) atoms. The molecule has 0 fully saturated rings. The molecule has 8 rings (SSSR count). The molecule has 0 saturated carbocycles. The van der Waals surface area contributed by atoms with Gasteiger partial charge >= 0.3 is 0 Å². The summed E-state index contributed by atoms with van der Waals surface area (Å²) >= 11 is 0. The summed E-state index contributed by atoms with van der Waals surface area (Å²) in [5.74, 6) is 1.62. The summed E-state index contributed by atoms with van der Waals surface area (Å²) in [6.07, 6.45) is 0. The predicted molar refractivity (Wildman–Crippen MR) is 197 cm³/mol. The summed E-state index contributed by atoms with van der Waals surface area (Å²) < 4.78 is 2.23. The summed E-state index contributed by atoms with van der Waals surface area (Å²) in [5, 5.41) is 14.5. The van der Waals surface area contributed by atoms with Crippen LogP contribution < -0.4 is 0 Å². The molecule has 7 aromatic carbocycles. The van der Waals surface area contributed by atoms with E-state index >= 15 is 0 Å². The lowest BCUT2D eigenvalue weighted by Gasteiger charge is -2.20. The number of hydrogen-bond donors (Lipinski definition) is 0. The maximum Gasteiger partial charge on any atom is 0.168 e. The normalized spacial score (nSPS) is 11.7. The van der Waals surface area contributed by atoms with E-state index in [0.29, 0.717) is 0 Å². The smallest absolute Gasteiger partial charge is 0.168 e. The molecule has 0 aliphatic heterocycles. The van der Waals surface area contributed by atoms with Crippen LogP contribution in [0.2, 0.25) is 0 Å². The molecule has 0 unspecified atom stereocenters. The molecular formula is C44H35N3. The fourth-order valence-corrected chi connectivity index (χ4v) is 6.62. The number of hydrogen-bond acceptors (Lipinski definition) is 2. The summed E-state index contributed by atoms with van der Waals surface area (Å²) in [5.41, 5.74) is 9.23. The SMILES string of the molecule is CC(C)(C)c1ccc(-c2nnc(-c3ccc(-c4ccccc4)cc3)n2-c2ccc(-c3cccc4ccccc34)c3ccccc23)cc1. The quantitative estimate of drug-likeness (QED) is 0.195. The zero-order chi connectivity index (χ0) is 32.0. The van der Waals surface area contributed by atoms with Gasteiger partial charge in [-0.1, -0.05) is 172 Å². The highest BCUT2D eigenvalue weighted by molar-refractivity contribution is 6.07. The fourth-order valence-electron chi connectivity index (χ4n) is 6.62. The van der Waals surface area contributed by atoms with Crippen LogP contribution in [0.5, 0.6) is 0 Å². The van der Waals surface area contributed by atoms with Crippen molar-refractivity contribution >= 4 is 21.5 Å². The minimum Gasteiger partial charge on any atom is -0.274 e. The van der Waals surface area contributed by atoms with Gasteiger partial charge in [-0.3, -0.25) is 4.57 Å². The van der Waals surface area contributed by atoms with E-state index in [1.807, 2.05) is 6.07 Å². The lowest BCUT2D eigenvalue weighted by Crippen LogP contribution is -2.10. The Kier molecular flexibility index (Phi) is 7.03. The van der Waals surface area contributed by atoms with Crippen molar-refractivity contribution < 1.29 is 0 Å². The lowest BCUT2D eigenvalue weighted by atomic mass is 9.86. The second kappa shape index (κ2) is 11.5. The molecule has 0 atom stereocenters. The lowest BCUT2D eigenvalue weighted by molar-refractivity contribution is 0.590. The summed E-state index contributed by atoms with van der Waals surface area (Å²) in [6, 6.07) is 56.3. The third kappa shape index (κ3) is 5.20. The van der Waals surface area contributed by atoms with Crippen LogP contribution in [0, 0.1) is 0 Å². The van der Waals surface area contributed by atoms with Gasteiger partial charge in [0.1, 0.15) is 0 Å².